The Balaban J connectivity index is 0.000000176. The van der Waals surface area contributed by atoms with E-state index in [9.17, 15) is 0 Å². The Hall–Kier alpha value is 0. The maximum Gasteiger partial charge on any atom is -0.0355 e. The zero-order valence-electron chi connectivity index (χ0n) is 20.1. The molecule has 0 aliphatic heterocycles. The van der Waals surface area contributed by atoms with Gasteiger partial charge in [-0.15, -0.1) is 0 Å². The average Bonchev–Trinajstić information content (AvgIpc) is 3.39. The Morgan fingerprint density at radius 3 is 2.04 bits per heavy atom. The summed E-state index contributed by atoms with van der Waals surface area (Å²) in [6.45, 7) is 12.1. The molecule has 4 saturated carbocycles. The van der Waals surface area contributed by atoms with Gasteiger partial charge in [0.05, 0.1) is 0 Å². The van der Waals surface area contributed by atoms with Crippen LogP contribution >= 0.6 is 0 Å². The number of fused-ring (bicyclic) bond motifs is 2. The van der Waals surface area contributed by atoms with Gasteiger partial charge in [-0.25, -0.2) is 0 Å². The molecule has 0 aromatic rings. The molecule has 0 heteroatoms. The van der Waals surface area contributed by atoms with Crippen LogP contribution < -0.4 is 0 Å². The highest BCUT2D eigenvalue weighted by Gasteiger charge is 2.42. The first-order chi connectivity index (χ1) is 13.6. The summed E-state index contributed by atoms with van der Waals surface area (Å²) in [6, 6.07) is 0. The number of hydrogen-bond donors (Lipinski definition) is 0. The minimum Gasteiger partial charge on any atom is -0.0651 e. The minimum atomic E-state index is 0.971. The van der Waals surface area contributed by atoms with Crippen molar-refractivity contribution in [3.05, 3.63) is 0 Å². The van der Waals surface area contributed by atoms with Crippen molar-refractivity contribution in [2.24, 2.45) is 53.3 Å². The van der Waals surface area contributed by atoms with E-state index in [1.807, 2.05) is 0 Å². The quantitative estimate of drug-likeness (QED) is 0.440. The molecule has 0 aromatic carbocycles. The van der Waals surface area contributed by atoms with Gasteiger partial charge in [0.1, 0.15) is 0 Å². The third kappa shape index (κ3) is 5.18. The van der Waals surface area contributed by atoms with Crippen LogP contribution in [0.3, 0.4) is 0 Å². The van der Waals surface area contributed by atoms with Crippen LogP contribution in [0.1, 0.15) is 125 Å². The number of hydrogen-bond acceptors (Lipinski definition) is 0. The van der Waals surface area contributed by atoms with E-state index in [1.54, 1.807) is 38.5 Å². The molecule has 0 spiro atoms. The van der Waals surface area contributed by atoms with Crippen molar-refractivity contribution in [1.82, 2.24) is 0 Å². The lowest BCUT2D eigenvalue weighted by molar-refractivity contribution is 0.120. The second-order valence-electron chi connectivity index (χ2n) is 11.5. The van der Waals surface area contributed by atoms with Crippen molar-refractivity contribution >= 4 is 0 Å². The third-order valence-corrected chi connectivity index (χ3v) is 10.3. The lowest BCUT2D eigenvalue weighted by atomic mass is 9.67. The Kier molecular flexibility index (Phi) is 8.79. The van der Waals surface area contributed by atoms with Gasteiger partial charge in [0, 0.05) is 0 Å². The van der Waals surface area contributed by atoms with Crippen molar-refractivity contribution in [3.63, 3.8) is 0 Å². The zero-order chi connectivity index (χ0) is 20.1. The molecule has 0 heterocycles. The highest BCUT2D eigenvalue weighted by Crippen LogP contribution is 2.52. The van der Waals surface area contributed by atoms with Gasteiger partial charge >= 0.3 is 0 Å². The second kappa shape index (κ2) is 10.9. The smallest absolute Gasteiger partial charge is 0.0355 e. The molecule has 0 aromatic heterocycles. The Labute approximate surface area is 178 Å². The second-order valence-corrected chi connectivity index (χ2v) is 11.5. The summed E-state index contributed by atoms with van der Waals surface area (Å²) in [4.78, 5) is 0. The Morgan fingerprint density at radius 1 is 0.643 bits per heavy atom. The average molecular weight is 389 g/mol. The molecule has 4 aliphatic rings. The van der Waals surface area contributed by atoms with Crippen LogP contribution in [0.2, 0.25) is 0 Å². The highest BCUT2D eigenvalue weighted by molar-refractivity contribution is 4.92. The van der Waals surface area contributed by atoms with Crippen LogP contribution in [0.5, 0.6) is 0 Å². The lowest BCUT2D eigenvalue weighted by Gasteiger charge is -2.38. The maximum atomic E-state index is 2.49. The molecular formula is C28H52. The molecule has 9 unspecified atom stereocenters. The van der Waals surface area contributed by atoms with E-state index in [-0.39, 0.29) is 0 Å². The molecule has 0 saturated heterocycles. The van der Waals surface area contributed by atoms with Crippen LogP contribution in [-0.4, -0.2) is 0 Å². The normalized spacial score (nSPS) is 42.1. The molecule has 4 fully saturated rings. The SMILES string of the molecule is CCC(C)C1CCC2C(CCC2C(C)CC)C1.CCC1CCCC2CCCC12. The summed E-state index contributed by atoms with van der Waals surface area (Å²) in [7, 11) is 0. The molecule has 164 valence electrons. The molecule has 28 heavy (non-hydrogen) atoms. The summed E-state index contributed by atoms with van der Waals surface area (Å²) in [5, 5.41) is 0. The Bertz CT molecular complexity index is 439. The fourth-order valence-electron chi connectivity index (χ4n) is 8.11. The van der Waals surface area contributed by atoms with Crippen molar-refractivity contribution in [2.75, 3.05) is 0 Å². The van der Waals surface area contributed by atoms with Crippen LogP contribution in [0.15, 0.2) is 0 Å². The van der Waals surface area contributed by atoms with Gasteiger partial charge in [-0.05, 0) is 91.8 Å². The fraction of sp³-hybridized carbons (Fsp3) is 1.00. The minimum absolute atomic E-state index is 0.971. The highest BCUT2D eigenvalue weighted by atomic mass is 14.5. The van der Waals surface area contributed by atoms with Crippen LogP contribution in [0, 0.1) is 53.3 Å². The van der Waals surface area contributed by atoms with Gasteiger partial charge in [0.15, 0.2) is 0 Å². The first-order valence-corrected chi connectivity index (χ1v) is 13.6. The monoisotopic (exact) mass is 388 g/mol. The molecule has 9 atom stereocenters. The molecule has 0 amide bonds. The summed E-state index contributed by atoms with van der Waals surface area (Å²) < 4.78 is 0. The molecule has 0 N–H and O–H groups in total. The van der Waals surface area contributed by atoms with Crippen molar-refractivity contribution in [3.8, 4) is 0 Å². The Morgan fingerprint density at radius 2 is 1.36 bits per heavy atom. The van der Waals surface area contributed by atoms with Gasteiger partial charge < -0.3 is 0 Å². The van der Waals surface area contributed by atoms with E-state index in [0.717, 1.165) is 53.3 Å². The molecule has 0 bridgehead atoms. The van der Waals surface area contributed by atoms with Gasteiger partial charge in [0.2, 0.25) is 0 Å². The van der Waals surface area contributed by atoms with Gasteiger partial charge in [-0.2, -0.15) is 0 Å². The molecule has 4 rings (SSSR count). The van der Waals surface area contributed by atoms with Gasteiger partial charge in [0.25, 0.3) is 0 Å². The molecule has 0 nitrogen and oxygen atoms in total. The van der Waals surface area contributed by atoms with E-state index in [2.05, 4.69) is 34.6 Å². The van der Waals surface area contributed by atoms with Crippen molar-refractivity contribution < 1.29 is 0 Å². The predicted octanol–water partition coefficient (Wildman–Crippen LogP) is 9.13. The van der Waals surface area contributed by atoms with Gasteiger partial charge in [-0.1, -0.05) is 86.0 Å². The largest absolute Gasteiger partial charge is 0.0651 e. The van der Waals surface area contributed by atoms with Crippen LogP contribution in [0.4, 0.5) is 0 Å². The lowest BCUT2D eigenvalue weighted by Crippen LogP contribution is -2.29. The van der Waals surface area contributed by atoms with E-state index < -0.39 is 0 Å². The van der Waals surface area contributed by atoms with Crippen LogP contribution in [0.25, 0.3) is 0 Å². The third-order valence-electron chi connectivity index (χ3n) is 10.3. The first-order valence-electron chi connectivity index (χ1n) is 13.6. The van der Waals surface area contributed by atoms with E-state index in [4.69, 9.17) is 0 Å². The van der Waals surface area contributed by atoms with Crippen LogP contribution in [-0.2, 0) is 0 Å². The first kappa shape index (κ1) is 22.7. The summed E-state index contributed by atoms with van der Waals surface area (Å²) in [5.41, 5.74) is 0. The van der Waals surface area contributed by atoms with Crippen molar-refractivity contribution in [1.29, 1.82) is 0 Å². The summed E-state index contributed by atoms with van der Waals surface area (Å²) >= 11 is 0. The summed E-state index contributed by atoms with van der Waals surface area (Å²) in [6.07, 6.45) is 21.2. The standard InChI is InChI=1S/C17H32.C11H20/c1-5-12(3)14-7-10-17-15(11-14)8-9-16(17)13(4)6-2;1-2-9-5-3-6-10-7-4-8-11(9)10/h12-17H,5-11H2,1-4H3;9-11H,2-8H2,1H3. The predicted molar refractivity (Wildman–Crippen MR) is 124 cm³/mol. The van der Waals surface area contributed by atoms with E-state index in [1.165, 1.54) is 51.4 Å². The maximum absolute atomic E-state index is 2.49. The zero-order valence-corrected chi connectivity index (χ0v) is 20.1. The fourth-order valence-corrected chi connectivity index (χ4v) is 8.11. The van der Waals surface area contributed by atoms with E-state index in [0.29, 0.717) is 0 Å². The topological polar surface area (TPSA) is 0 Å². The number of rotatable bonds is 5. The van der Waals surface area contributed by atoms with Crippen molar-refractivity contribution in [2.45, 2.75) is 125 Å². The molecule has 4 aliphatic carbocycles. The van der Waals surface area contributed by atoms with E-state index >= 15 is 0 Å². The van der Waals surface area contributed by atoms with Gasteiger partial charge in [-0.3, -0.25) is 0 Å². The molecule has 0 radical (unpaired) electrons. The summed E-state index contributed by atoms with van der Waals surface area (Å²) in [5.74, 6) is 9.68. The molecular weight excluding hydrogens is 336 g/mol.